The summed E-state index contributed by atoms with van der Waals surface area (Å²) in [6, 6.07) is 4.01. The lowest BCUT2D eigenvalue weighted by Gasteiger charge is -2.36. The second-order valence-corrected chi connectivity index (χ2v) is 10.4. The first-order chi connectivity index (χ1) is 16.2. The summed E-state index contributed by atoms with van der Waals surface area (Å²) in [6.07, 6.45) is 6.67. The number of aromatic nitrogens is 2. The Kier molecular flexibility index (Phi) is 8.86. The molecule has 7 nitrogen and oxygen atoms in total. The Morgan fingerprint density at radius 1 is 1.03 bits per heavy atom. The first-order valence-corrected chi connectivity index (χ1v) is 13.4. The number of ether oxygens (including phenoxy) is 2. The number of hydrogen-bond donors (Lipinski definition) is 0. The minimum absolute atomic E-state index is 0.675. The average molecular weight is 490 g/mol. The molecule has 0 aliphatic carbocycles. The predicted molar refractivity (Wildman–Crippen MR) is 141 cm³/mol. The fourth-order valence-electron chi connectivity index (χ4n) is 4.54. The van der Waals surface area contributed by atoms with Crippen molar-refractivity contribution in [3.63, 3.8) is 0 Å². The number of methoxy groups -OCH3 is 1. The van der Waals surface area contributed by atoms with Gasteiger partial charge in [0.15, 0.2) is 11.5 Å². The lowest BCUT2D eigenvalue weighted by molar-refractivity contribution is 0.203. The fraction of sp³-hybridized carbons (Fsp3) is 0.625. The summed E-state index contributed by atoms with van der Waals surface area (Å²) in [4.78, 5) is 16.3. The van der Waals surface area contributed by atoms with E-state index in [0.29, 0.717) is 6.61 Å². The van der Waals surface area contributed by atoms with Gasteiger partial charge in [0.1, 0.15) is 16.5 Å². The molecule has 0 bridgehead atoms. The van der Waals surface area contributed by atoms with Crippen LogP contribution in [0, 0.1) is 0 Å². The molecule has 2 saturated heterocycles. The molecular weight excluding hydrogens is 454 g/mol. The van der Waals surface area contributed by atoms with E-state index in [1.807, 2.05) is 12.1 Å². The SMILES string of the molecule is CCSC(=S)N1CCN(c2ncnc3cc(OCCCN4CCCCC4)c(OC)cc23)CC1. The molecule has 4 rings (SSSR count). The van der Waals surface area contributed by atoms with Crippen LogP contribution in [0.5, 0.6) is 11.5 Å². The molecule has 0 radical (unpaired) electrons. The van der Waals surface area contributed by atoms with E-state index in [1.54, 1.807) is 25.2 Å². The number of anilines is 1. The van der Waals surface area contributed by atoms with Crippen LogP contribution in [0.15, 0.2) is 18.5 Å². The average Bonchev–Trinajstić information content (AvgIpc) is 2.86. The van der Waals surface area contributed by atoms with Crippen molar-refractivity contribution >= 4 is 45.0 Å². The molecule has 0 N–H and O–H groups in total. The van der Waals surface area contributed by atoms with Gasteiger partial charge in [-0.05, 0) is 44.2 Å². The number of piperazine rings is 1. The third kappa shape index (κ3) is 6.19. The molecule has 0 unspecified atom stereocenters. The number of nitrogens with zero attached hydrogens (tertiary/aromatic N) is 5. The number of fused-ring (bicyclic) bond motifs is 1. The van der Waals surface area contributed by atoms with Crippen molar-refractivity contribution in [1.29, 1.82) is 0 Å². The van der Waals surface area contributed by atoms with Gasteiger partial charge >= 0.3 is 0 Å². The smallest absolute Gasteiger partial charge is 0.163 e. The number of benzene rings is 1. The van der Waals surface area contributed by atoms with Crippen molar-refractivity contribution in [3.8, 4) is 11.5 Å². The summed E-state index contributed by atoms with van der Waals surface area (Å²) in [6.45, 7) is 9.93. The number of piperidine rings is 1. The van der Waals surface area contributed by atoms with E-state index < -0.39 is 0 Å². The standard InChI is InChI=1S/C24H35N5O2S2/c1-3-33-24(32)29-13-11-28(12-14-29)23-19-16-21(30-2)22(17-20(19)25-18-26-23)31-15-7-10-27-8-5-4-6-9-27/h16-18H,3-15H2,1-2H3. The van der Waals surface area contributed by atoms with E-state index in [0.717, 1.165) is 77.4 Å². The summed E-state index contributed by atoms with van der Waals surface area (Å²) in [5.74, 6) is 3.44. The lowest BCUT2D eigenvalue weighted by atomic mass is 10.1. The maximum Gasteiger partial charge on any atom is 0.163 e. The van der Waals surface area contributed by atoms with Gasteiger partial charge < -0.3 is 24.2 Å². The van der Waals surface area contributed by atoms with Crippen molar-refractivity contribution in [2.45, 2.75) is 32.6 Å². The van der Waals surface area contributed by atoms with Crippen LogP contribution in [0.4, 0.5) is 5.82 Å². The van der Waals surface area contributed by atoms with Crippen molar-refractivity contribution in [1.82, 2.24) is 19.8 Å². The minimum Gasteiger partial charge on any atom is -0.493 e. The molecule has 3 heterocycles. The van der Waals surface area contributed by atoms with Crippen molar-refractivity contribution in [3.05, 3.63) is 18.5 Å². The quantitative estimate of drug-likeness (QED) is 0.404. The molecule has 0 amide bonds. The third-order valence-electron chi connectivity index (χ3n) is 6.33. The summed E-state index contributed by atoms with van der Waals surface area (Å²) >= 11 is 7.28. The zero-order valence-electron chi connectivity index (χ0n) is 19.8. The number of thiocarbonyl (C=S) groups is 1. The highest BCUT2D eigenvalue weighted by atomic mass is 32.2. The summed E-state index contributed by atoms with van der Waals surface area (Å²) in [7, 11) is 1.69. The highest BCUT2D eigenvalue weighted by Crippen LogP contribution is 2.35. The number of hydrogen-bond acceptors (Lipinski definition) is 8. The maximum absolute atomic E-state index is 6.13. The second kappa shape index (κ2) is 12.0. The Hall–Kier alpha value is -1.84. The van der Waals surface area contributed by atoms with Crippen LogP contribution in [0.1, 0.15) is 32.6 Å². The molecule has 0 atom stereocenters. The van der Waals surface area contributed by atoms with Gasteiger partial charge in [-0.3, -0.25) is 0 Å². The van der Waals surface area contributed by atoms with Gasteiger partial charge in [0.05, 0.1) is 19.2 Å². The van der Waals surface area contributed by atoms with Gasteiger partial charge in [-0.15, -0.1) is 0 Å². The molecule has 0 spiro atoms. The van der Waals surface area contributed by atoms with Crippen LogP contribution in [-0.2, 0) is 0 Å². The van der Waals surface area contributed by atoms with E-state index in [2.05, 4.69) is 31.6 Å². The Labute approximate surface area is 206 Å². The zero-order valence-corrected chi connectivity index (χ0v) is 21.4. The summed E-state index contributed by atoms with van der Waals surface area (Å²) in [5.41, 5.74) is 0.881. The first kappa shape index (κ1) is 24.3. The Balaban J connectivity index is 1.42. The maximum atomic E-state index is 6.13. The van der Waals surface area contributed by atoms with E-state index >= 15 is 0 Å². The van der Waals surface area contributed by atoms with E-state index in [-0.39, 0.29) is 0 Å². The van der Waals surface area contributed by atoms with Gasteiger partial charge in [0.2, 0.25) is 0 Å². The number of likely N-dealkylation sites (tertiary alicyclic amines) is 1. The van der Waals surface area contributed by atoms with E-state index in [4.69, 9.17) is 21.7 Å². The van der Waals surface area contributed by atoms with Crippen LogP contribution in [-0.4, -0.2) is 89.4 Å². The Morgan fingerprint density at radius 2 is 1.82 bits per heavy atom. The van der Waals surface area contributed by atoms with Crippen LogP contribution in [0.3, 0.4) is 0 Å². The number of rotatable bonds is 8. The largest absolute Gasteiger partial charge is 0.493 e. The molecule has 1 aromatic heterocycles. The van der Waals surface area contributed by atoms with Crippen LogP contribution in [0.25, 0.3) is 10.9 Å². The fourth-order valence-corrected chi connectivity index (χ4v) is 5.69. The highest BCUT2D eigenvalue weighted by Gasteiger charge is 2.22. The highest BCUT2D eigenvalue weighted by molar-refractivity contribution is 8.22. The van der Waals surface area contributed by atoms with Crippen molar-refractivity contribution in [2.24, 2.45) is 0 Å². The normalized spacial score (nSPS) is 17.4. The first-order valence-electron chi connectivity index (χ1n) is 12.0. The van der Waals surface area contributed by atoms with Crippen molar-refractivity contribution in [2.75, 3.05) is 70.2 Å². The van der Waals surface area contributed by atoms with Crippen LogP contribution < -0.4 is 14.4 Å². The van der Waals surface area contributed by atoms with E-state index in [1.165, 1.54) is 32.4 Å². The Bertz CT molecular complexity index is 930. The molecule has 1 aromatic carbocycles. The molecule has 0 saturated carbocycles. The third-order valence-corrected chi connectivity index (χ3v) is 7.74. The molecule has 33 heavy (non-hydrogen) atoms. The van der Waals surface area contributed by atoms with E-state index in [9.17, 15) is 0 Å². The molecule has 2 fully saturated rings. The monoisotopic (exact) mass is 489 g/mol. The molecule has 180 valence electrons. The molecule has 2 aliphatic heterocycles. The summed E-state index contributed by atoms with van der Waals surface area (Å²) in [5, 5.41) is 0.994. The summed E-state index contributed by atoms with van der Waals surface area (Å²) < 4.78 is 12.8. The van der Waals surface area contributed by atoms with Gasteiger partial charge in [0.25, 0.3) is 0 Å². The second-order valence-electron chi connectivity index (χ2n) is 8.49. The molecular formula is C24H35N5O2S2. The van der Waals surface area contributed by atoms with Crippen LogP contribution in [0.2, 0.25) is 0 Å². The number of thioether (sulfide) groups is 1. The predicted octanol–water partition coefficient (Wildman–Crippen LogP) is 4.05. The van der Waals surface area contributed by atoms with Crippen molar-refractivity contribution < 1.29 is 9.47 Å². The molecule has 2 aliphatic rings. The zero-order chi connectivity index (χ0) is 23.0. The lowest BCUT2D eigenvalue weighted by Crippen LogP contribution is -2.48. The topological polar surface area (TPSA) is 54.0 Å². The van der Waals surface area contributed by atoms with Crippen LogP contribution >= 0.6 is 24.0 Å². The van der Waals surface area contributed by atoms with Gasteiger partial charge in [-0.25, -0.2) is 9.97 Å². The minimum atomic E-state index is 0.675. The van der Waals surface area contributed by atoms with Gasteiger partial charge in [0, 0.05) is 44.2 Å². The Morgan fingerprint density at radius 3 is 2.55 bits per heavy atom. The van der Waals surface area contributed by atoms with Gasteiger partial charge in [-0.2, -0.15) is 0 Å². The molecule has 2 aromatic rings. The van der Waals surface area contributed by atoms with Gasteiger partial charge in [-0.1, -0.05) is 37.3 Å². The molecule has 9 heteroatoms.